The highest BCUT2D eigenvalue weighted by Gasteiger charge is 2.66. The molecule has 0 aromatic heterocycles. The van der Waals surface area contributed by atoms with Crippen LogP contribution in [0, 0.1) is 5.82 Å². The molecule has 0 saturated carbocycles. The first kappa shape index (κ1) is 22.2. The molecule has 1 spiro atoms. The molecule has 176 valence electrons. The van der Waals surface area contributed by atoms with Crippen LogP contribution in [0.25, 0.3) is 5.76 Å². The third-order valence-corrected chi connectivity index (χ3v) is 6.80. The number of aliphatic hydroxyl groups excluding tert-OH is 1. The van der Waals surface area contributed by atoms with Crippen molar-refractivity contribution in [3.8, 4) is 0 Å². The van der Waals surface area contributed by atoms with Gasteiger partial charge in [-0.2, -0.15) is 0 Å². The average Bonchev–Trinajstić information content (AvgIpc) is 3.22. The van der Waals surface area contributed by atoms with Gasteiger partial charge in [0.05, 0.1) is 18.8 Å². The first-order chi connectivity index (χ1) is 16.4. The Morgan fingerprint density at radius 2 is 1.71 bits per heavy atom. The minimum atomic E-state index is -1.80. The fraction of sp³-hybridized carbons (Fsp3) is 0.320. The summed E-state index contributed by atoms with van der Waals surface area (Å²) in [6.07, 6.45) is 0. The molecule has 34 heavy (non-hydrogen) atoms. The van der Waals surface area contributed by atoms with Crippen LogP contribution in [0.5, 0.6) is 0 Å². The summed E-state index contributed by atoms with van der Waals surface area (Å²) in [5.41, 5.74) is -0.952. The molecule has 3 heterocycles. The number of likely N-dealkylation sites (tertiary alicyclic amines) is 1. The van der Waals surface area contributed by atoms with Gasteiger partial charge in [0.15, 0.2) is 5.54 Å². The van der Waals surface area contributed by atoms with Crippen LogP contribution in [0.2, 0.25) is 0 Å². The Bertz CT molecular complexity index is 1210. The van der Waals surface area contributed by atoms with Crippen molar-refractivity contribution in [2.75, 3.05) is 51.3 Å². The molecule has 0 radical (unpaired) electrons. The van der Waals surface area contributed by atoms with E-state index in [1.165, 1.54) is 21.9 Å². The summed E-state index contributed by atoms with van der Waals surface area (Å²) in [6, 6.07) is 11.8. The Morgan fingerprint density at radius 3 is 2.41 bits per heavy atom. The third-order valence-electron chi connectivity index (χ3n) is 6.80. The maximum atomic E-state index is 13.9. The lowest BCUT2D eigenvalue weighted by molar-refractivity contribution is -0.144. The lowest BCUT2D eigenvalue weighted by Crippen LogP contribution is -2.53. The quantitative estimate of drug-likeness (QED) is 0.420. The Hall–Kier alpha value is -3.56. The molecule has 5 rings (SSSR count). The maximum absolute atomic E-state index is 13.9. The third kappa shape index (κ3) is 3.15. The topological polar surface area (TPSA) is 90.4 Å². The number of para-hydroxylation sites is 1. The molecule has 8 nitrogen and oxygen atoms in total. The number of carbonyl (C=O) groups excluding carboxylic acids is 3. The van der Waals surface area contributed by atoms with Crippen molar-refractivity contribution in [3.63, 3.8) is 0 Å². The first-order valence-corrected chi connectivity index (χ1v) is 11.1. The van der Waals surface area contributed by atoms with Gasteiger partial charge in [0.25, 0.3) is 17.6 Å². The summed E-state index contributed by atoms with van der Waals surface area (Å²) in [6.45, 7) is 3.04. The molecule has 2 saturated heterocycles. The maximum Gasteiger partial charge on any atom is 0.296 e. The number of ketones is 1. The lowest BCUT2D eigenvalue weighted by atomic mass is 9.82. The molecule has 0 aliphatic carbocycles. The van der Waals surface area contributed by atoms with Crippen molar-refractivity contribution < 1.29 is 28.6 Å². The van der Waals surface area contributed by atoms with Gasteiger partial charge in [-0.05, 0) is 30.3 Å². The van der Waals surface area contributed by atoms with E-state index < -0.39 is 34.7 Å². The van der Waals surface area contributed by atoms with Gasteiger partial charge in [-0.15, -0.1) is 0 Å². The molecule has 0 bridgehead atoms. The standard InChI is InChI=1S/C25H24FN3O5/c1-27-19-5-3-2-4-18(19)25(24(27)33)20(21(30)16-6-8-17(26)9-7-16)22(31)23(32)29(25)11-10-28-12-14-34-15-13-28/h2-9,30H,10-15H2,1H3/b21-20+. The summed E-state index contributed by atoms with van der Waals surface area (Å²) in [7, 11) is 1.58. The Balaban J connectivity index is 1.69. The second-order valence-electron chi connectivity index (χ2n) is 8.56. The molecule has 1 unspecified atom stereocenters. The number of ether oxygens (including phenoxy) is 1. The van der Waals surface area contributed by atoms with Crippen molar-refractivity contribution >= 4 is 29.0 Å². The molecule has 3 aliphatic rings. The second kappa shape index (κ2) is 8.34. The zero-order valence-corrected chi connectivity index (χ0v) is 18.7. The highest BCUT2D eigenvalue weighted by Crippen LogP contribution is 2.53. The summed E-state index contributed by atoms with van der Waals surface area (Å²) in [5, 5.41) is 11.2. The Kier molecular flexibility index (Phi) is 5.45. The van der Waals surface area contributed by atoms with Gasteiger partial charge in [0.1, 0.15) is 11.6 Å². The van der Waals surface area contributed by atoms with Gasteiger partial charge in [-0.25, -0.2) is 4.39 Å². The number of fused-ring (bicyclic) bond motifs is 2. The van der Waals surface area contributed by atoms with E-state index in [-0.39, 0.29) is 17.7 Å². The molecular formula is C25H24FN3O5. The number of carbonyl (C=O) groups is 3. The van der Waals surface area contributed by atoms with Crippen molar-refractivity contribution in [2.45, 2.75) is 5.54 Å². The molecule has 9 heteroatoms. The number of halogens is 1. The SMILES string of the molecule is CN1C(=O)C2(/C(=C(/O)c3ccc(F)cc3)C(=O)C(=O)N2CCN2CCOCC2)c2ccccc21. The number of hydrogen-bond donors (Lipinski definition) is 1. The largest absolute Gasteiger partial charge is 0.507 e. The molecule has 2 aromatic rings. The number of Topliss-reactive ketones (excluding diaryl/α,β-unsaturated/α-hetero) is 1. The van der Waals surface area contributed by atoms with Crippen LogP contribution in [0.1, 0.15) is 11.1 Å². The number of aliphatic hydroxyl groups is 1. The van der Waals surface area contributed by atoms with Crippen LogP contribution >= 0.6 is 0 Å². The molecule has 2 fully saturated rings. The summed E-state index contributed by atoms with van der Waals surface area (Å²) in [4.78, 5) is 45.4. The molecule has 1 atom stereocenters. The van der Waals surface area contributed by atoms with Gasteiger partial charge in [0.2, 0.25) is 0 Å². The molecular weight excluding hydrogens is 441 g/mol. The van der Waals surface area contributed by atoms with Crippen LogP contribution in [0.4, 0.5) is 10.1 Å². The fourth-order valence-corrected chi connectivity index (χ4v) is 5.09. The molecule has 2 aromatic carbocycles. The minimum Gasteiger partial charge on any atom is -0.507 e. The van der Waals surface area contributed by atoms with Gasteiger partial charge >= 0.3 is 0 Å². The van der Waals surface area contributed by atoms with E-state index in [4.69, 9.17) is 4.74 Å². The van der Waals surface area contributed by atoms with Gasteiger partial charge in [0, 0.05) is 50.0 Å². The first-order valence-electron chi connectivity index (χ1n) is 11.1. The van der Waals surface area contributed by atoms with Crippen LogP contribution in [0.15, 0.2) is 54.1 Å². The van der Waals surface area contributed by atoms with E-state index in [1.54, 1.807) is 31.3 Å². The van der Waals surface area contributed by atoms with Gasteiger partial charge < -0.3 is 19.6 Å². The van der Waals surface area contributed by atoms with E-state index in [0.29, 0.717) is 44.1 Å². The predicted octanol–water partition coefficient (Wildman–Crippen LogP) is 1.71. The van der Waals surface area contributed by atoms with Gasteiger partial charge in [-0.1, -0.05) is 18.2 Å². The van der Waals surface area contributed by atoms with E-state index in [9.17, 15) is 23.9 Å². The highest BCUT2D eigenvalue weighted by atomic mass is 19.1. The number of morpholine rings is 1. The van der Waals surface area contributed by atoms with Crippen LogP contribution in [-0.2, 0) is 24.7 Å². The van der Waals surface area contributed by atoms with Gasteiger partial charge in [-0.3, -0.25) is 19.3 Å². The van der Waals surface area contributed by atoms with E-state index in [2.05, 4.69) is 4.90 Å². The normalized spacial score (nSPS) is 24.4. The second-order valence-corrected chi connectivity index (χ2v) is 8.56. The Labute approximate surface area is 195 Å². The van der Waals surface area contributed by atoms with Crippen molar-refractivity contribution in [2.24, 2.45) is 0 Å². The molecule has 3 aliphatic heterocycles. The number of rotatable bonds is 4. The van der Waals surface area contributed by atoms with Crippen LogP contribution < -0.4 is 4.90 Å². The highest BCUT2D eigenvalue weighted by molar-refractivity contribution is 6.50. The Morgan fingerprint density at radius 1 is 1.03 bits per heavy atom. The monoisotopic (exact) mass is 465 g/mol. The lowest BCUT2D eigenvalue weighted by Gasteiger charge is -2.36. The number of amides is 2. The number of hydrogen-bond acceptors (Lipinski definition) is 6. The summed E-state index contributed by atoms with van der Waals surface area (Å²) < 4.78 is 18.9. The number of benzene rings is 2. The van der Waals surface area contributed by atoms with Crippen molar-refractivity contribution in [1.29, 1.82) is 0 Å². The zero-order valence-electron chi connectivity index (χ0n) is 18.7. The van der Waals surface area contributed by atoms with E-state index >= 15 is 0 Å². The summed E-state index contributed by atoms with van der Waals surface area (Å²) in [5.74, 6) is -3.32. The smallest absolute Gasteiger partial charge is 0.296 e. The van der Waals surface area contributed by atoms with Crippen LogP contribution in [-0.4, -0.2) is 78.9 Å². The molecule has 2 amide bonds. The van der Waals surface area contributed by atoms with E-state index in [1.807, 2.05) is 0 Å². The van der Waals surface area contributed by atoms with Crippen molar-refractivity contribution in [1.82, 2.24) is 9.80 Å². The number of nitrogens with zero attached hydrogens (tertiary/aromatic N) is 3. The summed E-state index contributed by atoms with van der Waals surface area (Å²) >= 11 is 0. The minimum absolute atomic E-state index is 0.110. The van der Waals surface area contributed by atoms with Crippen molar-refractivity contribution in [3.05, 3.63) is 71.0 Å². The number of anilines is 1. The van der Waals surface area contributed by atoms with E-state index in [0.717, 1.165) is 12.1 Å². The van der Waals surface area contributed by atoms with Crippen LogP contribution in [0.3, 0.4) is 0 Å². The predicted molar refractivity (Wildman–Crippen MR) is 121 cm³/mol. The molecule has 1 N–H and O–H groups in total. The number of likely N-dealkylation sites (N-methyl/N-ethyl adjacent to an activating group) is 1. The zero-order chi connectivity index (χ0) is 24.0. The fourth-order valence-electron chi connectivity index (χ4n) is 5.09. The average molecular weight is 465 g/mol.